The minimum absolute atomic E-state index is 0.0681. The fraction of sp³-hybridized carbons (Fsp3) is 0.450. The van der Waals surface area contributed by atoms with E-state index in [4.69, 9.17) is 4.84 Å². The molecule has 8 heteroatoms. The van der Waals surface area contributed by atoms with Gasteiger partial charge in [-0.25, -0.2) is 15.0 Å². The molecule has 1 aromatic heterocycles. The molecule has 3 saturated heterocycles. The number of hydrogen-bond acceptors (Lipinski definition) is 7. The van der Waals surface area contributed by atoms with Crippen LogP contribution in [0, 0.1) is 0 Å². The molecule has 5 heterocycles. The smallest absolute Gasteiger partial charge is 0.262 e. The fourth-order valence-electron chi connectivity index (χ4n) is 4.39. The number of carbonyl (C=O) groups is 1. The molecule has 4 aliphatic heterocycles. The van der Waals surface area contributed by atoms with Gasteiger partial charge in [-0.2, -0.15) is 0 Å². The summed E-state index contributed by atoms with van der Waals surface area (Å²) in [5, 5.41) is 1.70. The first-order valence-corrected chi connectivity index (χ1v) is 9.78. The molecule has 3 fully saturated rings. The number of amides is 1. The summed E-state index contributed by atoms with van der Waals surface area (Å²) in [5.41, 5.74) is 2.06. The first-order chi connectivity index (χ1) is 13.7. The summed E-state index contributed by atoms with van der Waals surface area (Å²) in [7, 11) is 1.61. The van der Waals surface area contributed by atoms with E-state index in [-0.39, 0.29) is 5.91 Å². The standard InChI is InChI=1S/C20H24N6O2/c1-28-26-14-25(19(27)17-4-2-3-5-18(17)26)16-12-21-20(22-13-16)24-11-10-23-8-6-15(24)7-9-23/h2-5,12-13,15H,6-11,14H2,1H3. The number of aromatic nitrogens is 2. The molecule has 0 aliphatic carbocycles. The maximum atomic E-state index is 13.0. The molecule has 146 valence electrons. The number of hydrogen-bond donors (Lipinski definition) is 0. The summed E-state index contributed by atoms with van der Waals surface area (Å²) in [6, 6.07) is 7.97. The van der Waals surface area contributed by atoms with Crippen LogP contribution >= 0.6 is 0 Å². The molecule has 0 spiro atoms. The molecule has 0 saturated carbocycles. The van der Waals surface area contributed by atoms with E-state index in [2.05, 4.69) is 19.8 Å². The Labute approximate surface area is 164 Å². The quantitative estimate of drug-likeness (QED) is 0.804. The van der Waals surface area contributed by atoms with Gasteiger partial charge in [0.1, 0.15) is 6.67 Å². The van der Waals surface area contributed by atoms with Crippen molar-refractivity contribution in [2.45, 2.75) is 18.9 Å². The largest absolute Gasteiger partial charge is 0.336 e. The van der Waals surface area contributed by atoms with Crippen molar-refractivity contribution >= 4 is 23.2 Å². The van der Waals surface area contributed by atoms with Gasteiger partial charge < -0.3 is 9.80 Å². The number of fused-ring (bicyclic) bond motifs is 5. The Hall–Kier alpha value is -2.71. The third-order valence-electron chi connectivity index (χ3n) is 5.99. The fourth-order valence-corrected chi connectivity index (χ4v) is 4.39. The topological polar surface area (TPSA) is 65.0 Å². The van der Waals surface area contributed by atoms with Gasteiger partial charge in [0.25, 0.3) is 5.91 Å². The normalized spacial score (nSPS) is 24.3. The van der Waals surface area contributed by atoms with Crippen molar-refractivity contribution in [1.29, 1.82) is 0 Å². The Kier molecular flexibility index (Phi) is 4.37. The maximum Gasteiger partial charge on any atom is 0.262 e. The van der Waals surface area contributed by atoms with Crippen LogP contribution in [0.5, 0.6) is 0 Å². The third-order valence-corrected chi connectivity index (χ3v) is 5.99. The molecule has 0 N–H and O–H groups in total. The number of rotatable bonds is 3. The van der Waals surface area contributed by atoms with Gasteiger partial charge >= 0.3 is 0 Å². The average molecular weight is 380 g/mol. The summed E-state index contributed by atoms with van der Waals surface area (Å²) in [6.07, 6.45) is 5.82. The zero-order valence-electron chi connectivity index (χ0n) is 16.0. The van der Waals surface area contributed by atoms with Gasteiger partial charge in [0.05, 0.1) is 36.4 Å². The van der Waals surface area contributed by atoms with Crippen LogP contribution in [-0.2, 0) is 4.84 Å². The van der Waals surface area contributed by atoms with Crippen molar-refractivity contribution < 1.29 is 9.63 Å². The minimum Gasteiger partial charge on any atom is -0.336 e. The molecule has 8 nitrogen and oxygen atoms in total. The van der Waals surface area contributed by atoms with Crippen LogP contribution in [0.4, 0.5) is 17.3 Å². The lowest BCUT2D eigenvalue weighted by Crippen LogP contribution is -2.46. The lowest BCUT2D eigenvalue weighted by molar-refractivity contribution is 0.0942. The highest BCUT2D eigenvalue weighted by atomic mass is 16.7. The van der Waals surface area contributed by atoms with Gasteiger partial charge in [-0.1, -0.05) is 12.1 Å². The second kappa shape index (κ2) is 7.03. The zero-order chi connectivity index (χ0) is 19.1. The van der Waals surface area contributed by atoms with Crippen LogP contribution in [0.15, 0.2) is 36.7 Å². The van der Waals surface area contributed by atoms with Crippen molar-refractivity contribution in [2.75, 3.05) is 54.8 Å². The highest BCUT2D eigenvalue weighted by molar-refractivity contribution is 6.11. The van der Waals surface area contributed by atoms with Crippen LogP contribution in [0.3, 0.4) is 0 Å². The molecule has 0 radical (unpaired) electrons. The Morgan fingerprint density at radius 1 is 1.04 bits per heavy atom. The van der Waals surface area contributed by atoms with E-state index in [1.807, 2.05) is 24.3 Å². The summed E-state index contributed by atoms with van der Waals surface area (Å²) >= 11 is 0. The highest BCUT2D eigenvalue weighted by Crippen LogP contribution is 2.30. The van der Waals surface area contributed by atoms with Crippen molar-refractivity contribution in [2.24, 2.45) is 0 Å². The van der Waals surface area contributed by atoms with E-state index in [9.17, 15) is 4.79 Å². The van der Waals surface area contributed by atoms with E-state index in [1.54, 1.807) is 29.5 Å². The molecule has 4 aliphatic rings. The number of piperidine rings is 1. The molecule has 0 unspecified atom stereocenters. The van der Waals surface area contributed by atoms with E-state index in [1.165, 1.54) is 0 Å². The van der Waals surface area contributed by atoms with Crippen molar-refractivity contribution in [3.8, 4) is 0 Å². The molecule has 1 aromatic carbocycles. The third kappa shape index (κ3) is 2.89. The number of nitrogens with zero attached hydrogens (tertiary/aromatic N) is 6. The van der Waals surface area contributed by atoms with Crippen LogP contribution in [-0.4, -0.2) is 66.8 Å². The van der Waals surface area contributed by atoms with Crippen LogP contribution in [0.1, 0.15) is 23.2 Å². The maximum absolute atomic E-state index is 13.0. The first kappa shape index (κ1) is 17.4. The summed E-state index contributed by atoms with van der Waals surface area (Å²) in [6.45, 7) is 4.64. The van der Waals surface area contributed by atoms with Gasteiger partial charge in [-0.3, -0.25) is 14.5 Å². The molecule has 0 atom stereocenters. The van der Waals surface area contributed by atoms with Gasteiger partial charge in [0.2, 0.25) is 5.95 Å². The Balaban J connectivity index is 1.41. The molecular weight excluding hydrogens is 356 g/mol. The lowest BCUT2D eigenvalue weighted by Gasteiger charge is -2.36. The molecule has 28 heavy (non-hydrogen) atoms. The summed E-state index contributed by atoms with van der Waals surface area (Å²) in [4.78, 5) is 34.2. The predicted molar refractivity (Wildman–Crippen MR) is 106 cm³/mol. The van der Waals surface area contributed by atoms with Crippen LogP contribution in [0.2, 0.25) is 0 Å². The van der Waals surface area contributed by atoms with Crippen molar-refractivity contribution in [3.63, 3.8) is 0 Å². The average Bonchev–Trinajstić information content (AvgIpc) is 3.08. The number of carbonyl (C=O) groups excluding carboxylic acids is 1. The predicted octanol–water partition coefficient (Wildman–Crippen LogP) is 1.75. The van der Waals surface area contributed by atoms with Gasteiger partial charge in [-0.05, 0) is 25.0 Å². The Bertz CT molecular complexity index is 865. The SMILES string of the molecule is CON1CN(c2cnc(N3CCN4CCC3CC4)nc2)C(=O)c2ccccc21. The summed E-state index contributed by atoms with van der Waals surface area (Å²) in [5.74, 6) is 0.687. The van der Waals surface area contributed by atoms with E-state index in [0.29, 0.717) is 24.0 Å². The van der Waals surface area contributed by atoms with Gasteiger partial charge in [-0.15, -0.1) is 0 Å². The minimum atomic E-state index is -0.0681. The molecule has 2 bridgehead atoms. The summed E-state index contributed by atoms with van der Waals surface area (Å²) < 4.78 is 0. The first-order valence-electron chi connectivity index (χ1n) is 9.78. The van der Waals surface area contributed by atoms with Gasteiger partial charge in [0, 0.05) is 32.2 Å². The van der Waals surface area contributed by atoms with E-state index >= 15 is 0 Å². The zero-order valence-corrected chi connectivity index (χ0v) is 16.0. The number of hydroxylamine groups is 1. The van der Waals surface area contributed by atoms with Crippen molar-refractivity contribution in [3.05, 3.63) is 42.2 Å². The second-order valence-corrected chi connectivity index (χ2v) is 7.46. The molecule has 6 rings (SSSR count). The molecule has 2 aromatic rings. The number of anilines is 3. The lowest BCUT2D eigenvalue weighted by atomic mass is 10.1. The molecule has 1 amide bonds. The Morgan fingerprint density at radius 3 is 2.54 bits per heavy atom. The highest BCUT2D eigenvalue weighted by Gasteiger charge is 2.32. The van der Waals surface area contributed by atoms with Crippen LogP contribution < -0.4 is 14.9 Å². The monoisotopic (exact) mass is 380 g/mol. The molecular formula is C20H24N6O2. The number of para-hydroxylation sites is 1. The van der Waals surface area contributed by atoms with Gasteiger partial charge in [0.15, 0.2) is 0 Å². The second-order valence-electron chi connectivity index (χ2n) is 7.46. The Morgan fingerprint density at radius 2 is 1.79 bits per heavy atom. The van der Waals surface area contributed by atoms with Crippen molar-refractivity contribution in [1.82, 2.24) is 14.9 Å². The van der Waals surface area contributed by atoms with E-state index in [0.717, 1.165) is 50.7 Å². The number of benzene rings is 1. The van der Waals surface area contributed by atoms with Crippen LogP contribution in [0.25, 0.3) is 0 Å². The van der Waals surface area contributed by atoms with E-state index < -0.39 is 0 Å².